The van der Waals surface area contributed by atoms with E-state index >= 15 is 0 Å². The number of aromatic nitrogens is 2. The van der Waals surface area contributed by atoms with E-state index in [0.29, 0.717) is 6.54 Å². The fourth-order valence-corrected chi connectivity index (χ4v) is 2.60. The van der Waals surface area contributed by atoms with E-state index in [1.807, 2.05) is 11.9 Å². The lowest BCUT2D eigenvalue weighted by atomic mass is 10.1. The van der Waals surface area contributed by atoms with Crippen molar-refractivity contribution in [3.05, 3.63) is 17.6 Å². The van der Waals surface area contributed by atoms with E-state index in [9.17, 15) is 8.42 Å². The number of nitrogens with one attached hydrogen (secondary N) is 1. The van der Waals surface area contributed by atoms with E-state index in [0.717, 1.165) is 36.6 Å². The zero-order chi connectivity index (χ0) is 13.2. The Labute approximate surface area is 107 Å². The second-order valence-corrected chi connectivity index (χ2v) is 6.86. The average molecular weight is 270 g/mol. The van der Waals surface area contributed by atoms with Crippen molar-refractivity contribution < 1.29 is 8.42 Å². The van der Waals surface area contributed by atoms with E-state index in [4.69, 9.17) is 0 Å². The monoisotopic (exact) mass is 270 g/mol. The second-order valence-electron chi connectivity index (χ2n) is 4.60. The van der Waals surface area contributed by atoms with Gasteiger partial charge >= 0.3 is 0 Å². The number of hydrogen-bond donors (Lipinski definition) is 1. The fraction of sp³-hybridized carbons (Fsp3) is 0.636. The minimum absolute atomic E-state index is 0.135. The fourth-order valence-electron chi connectivity index (χ4n) is 1.99. The van der Waals surface area contributed by atoms with Crippen LogP contribution in [-0.2, 0) is 22.8 Å². The zero-order valence-electron chi connectivity index (χ0n) is 10.7. The SMILES string of the molecule is CN(CCS(C)(=O)=O)c1ncnc2c1CNCC2. The average Bonchev–Trinajstić information content (AvgIpc) is 2.34. The van der Waals surface area contributed by atoms with Gasteiger partial charge in [-0.05, 0) is 0 Å². The maximum Gasteiger partial charge on any atom is 0.149 e. The molecule has 100 valence electrons. The van der Waals surface area contributed by atoms with E-state index in [2.05, 4.69) is 15.3 Å². The summed E-state index contributed by atoms with van der Waals surface area (Å²) in [6, 6.07) is 0. The molecule has 0 aromatic carbocycles. The number of nitrogens with zero attached hydrogens (tertiary/aromatic N) is 3. The van der Waals surface area contributed by atoms with Crippen LogP contribution in [0.15, 0.2) is 6.33 Å². The summed E-state index contributed by atoms with van der Waals surface area (Å²) in [7, 11) is -1.09. The van der Waals surface area contributed by atoms with Crippen molar-refractivity contribution in [3.63, 3.8) is 0 Å². The lowest BCUT2D eigenvalue weighted by Crippen LogP contribution is -2.31. The summed E-state index contributed by atoms with van der Waals surface area (Å²) in [6.45, 7) is 2.12. The van der Waals surface area contributed by atoms with Crippen LogP contribution in [0.1, 0.15) is 11.3 Å². The maximum absolute atomic E-state index is 11.2. The lowest BCUT2D eigenvalue weighted by Gasteiger charge is -2.24. The van der Waals surface area contributed by atoms with Crippen molar-refractivity contribution in [3.8, 4) is 0 Å². The van der Waals surface area contributed by atoms with Crippen LogP contribution in [0, 0.1) is 0 Å². The minimum Gasteiger partial charge on any atom is -0.358 e. The third-order valence-electron chi connectivity index (χ3n) is 3.01. The Kier molecular flexibility index (Phi) is 3.82. The Balaban J connectivity index is 2.17. The number of fused-ring (bicyclic) bond motifs is 1. The van der Waals surface area contributed by atoms with Gasteiger partial charge in [-0.15, -0.1) is 0 Å². The van der Waals surface area contributed by atoms with E-state index < -0.39 is 9.84 Å². The molecule has 0 amide bonds. The summed E-state index contributed by atoms with van der Waals surface area (Å²) >= 11 is 0. The molecular weight excluding hydrogens is 252 g/mol. The first kappa shape index (κ1) is 13.2. The Morgan fingerprint density at radius 3 is 2.94 bits per heavy atom. The van der Waals surface area contributed by atoms with Crippen molar-refractivity contribution in [2.45, 2.75) is 13.0 Å². The van der Waals surface area contributed by atoms with Crippen molar-refractivity contribution in [2.75, 3.05) is 37.0 Å². The first-order valence-electron chi connectivity index (χ1n) is 5.90. The molecule has 0 aliphatic carbocycles. The predicted octanol–water partition coefficient (Wildman–Crippen LogP) is -0.397. The molecule has 6 nitrogen and oxygen atoms in total. The zero-order valence-corrected chi connectivity index (χ0v) is 11.5. The van der Waals surface area contributed by atoms with Gasteiger partial charge in [-0.3, -0.25) is 0 Å². The van der Waals surface area contributed by atoms with Crippen LogP contribution < -0.4 is 10.2 Å². The number of anilines is 1. The van der Waals surface area contributed by atoms with Crippen LogP contribution in [0.25, 0.3) is 0 Å². The van der Waals surface area contributed by atoms with Crippen molar-refractivity contribution in [2.24, 2.45) is 0 Å². The molecule has 2 heterocycles. The van der Waals surface area contributed by atoms with Crippen LogP contribution in [0.2, 0.25) is 0 Å². The number of rotatable bonds is 4. The normalized spacial score (nSPS) is 15.2. The van der Waals surface area contributed by atoms with Crippen LogP contribution in [0.4, 0.5) is 5.82 Å². The molecular formula is C11H18N4O2S. The lowest BCUT2D eigenvalue weighted by molar-refractivity contribution is 0.600. The molecule has 0 fully saturated rings. The molecule has 1 aromatic rings. The van der Waals surface area contributed by atoms with Gasteiger partial charge in [-0.1, -0.05) is 0 Å². The van der Waals surface area contributed by atoms with Gasteiger partial charge in [0.2, 0.25) is 0 Å². The summed E-state index contributed by atoms with van der Waals surface area (Å²) in [5.41, 5.74) is 2.14. The van der Waals surface area contributed by atoms with Gasteiger partial charge in [0.25, 0.3) is 0 Å². The molecule has 0 atom stereocenters. The highest BCUT2D eigenvalue weighted by Gasteiger charge is 2.18. The van der Waals surface area contributed by atoms with Crippen LogP contribution in [-0.4, -0.2) is 50.5 Å². The van der Waals surface area contributed by atoms with Gasteiger partial charge in [0.05, 0.1) is 11.4 Å². The van der Waals surface area contributed by atoms with Crippen LogP contribution in [0.5, 0.6) is 0 Å². The van der Waals surface area contributed by atoms with E-state index in [1.54, 1.807) is 6.33 Å². The smallest absolute Gasteiger partial charge is 0.149 e. The van der Waals surface area contributed by atoms with E-state index in [1.165, 1.54) is 6.26 Å². The molecule has 1 aliphatic heterocycles. The standard InChI is InChI=1S/C11H18N4O2S/c1-15(5-6-18(2,16)17)11-9-7-12-4-3-10(9)13-8-14-11/h8,12H,3-7H2,1-2H3. The van der Waals surface area contributed by atoms with Gasteiger partial charge in [-0.2, -0.15) is 0 Å². The summed E-state index contributed by atoms with van der Waals surface area (Å²) in [6.07, 6.45) is 3.69. The van der Waals surface area contributed by atoms with Crippen LogP contribution in [0.3, 0.4) is 0 Å². The molecule has 2 rings (SSSR count). The molecule has 0 saturated heterocycles. The highest BCUT2D eigenvalue weighted by Crippen LogP contribution is 2.21. The van der Waals surface area contributed by atoms with Crippen molar-refractivity contribution >= 4 is 15.7 Å². The Morgan fingerprint density at radius 2 is 2.22 bits per heavy atom. The van der Waals surface area contributed by atoms with E-state index in [-0.39, 0.29) is 5.75 Å². The molecule has 1 N–H and O–H groups in total. The first-order valence-corrected chi connectivity index (χ1v) is 7.96. The highest BCUT2D eigenvalue weighted by molar-refractivity contribution is 7.90. The molecule has 18 heavy (non-hydrogen) atoms. The molecule has 0 radical (unpaired) electrons. The van der Waals surface area contributed by atoms with Crippen molar-refractivity contribution in [1.82, 2.24) is 15.3 Å². The largest absolute Gasteiger partial charge is 0.358 e. The van der Waals surface area contributed by atoms with Gasteiger partial charge in [-0.25, -0.2) is 18.4 Å². The molecule has 7 heteroatoms. The molecule has 1 aliphatic rings. The summed E-state index contributed by atoms with van der Waals surface area (Å²) in [5, 5.41) is 3.28. The quantitative estimate of drug-likeness (QED) is 0.802. The van der Waals surface area contributed by atoms with Gasteiger partial charge < -0.3 is 10.2 Å². The summed E-state index contributed by atoms with van der Waals surface area (Å²) in [5.74, 6) is 0.964. The third kappa shape index (κ3) is 3.17. The minimum atomic E-state index is -2.95. The number of hydrogen-bond acceptors (Lipinski definition) is 6. The predicted molar refractivity (Wildman–Crippen MR) is 70.4 cm³/mol. The Hall–Kier alpha value is -1.21. The maximum atomic E-state index is 11.2. The van der Waals surface area contributed by atoms with Gasteiger partial charge in [0, 0.05) is 44.9 Å². The Bertz CT molecular complexity index is 530. The van der Waals surface area contributed by atoms with Gasteiger partial charge in [0.1, 0.15) is 22.0 Å². The molecule has 0 spiro atoms. The Morgan fingerprint density at radius 1 is 1.44 bits per heavy atom. The highest BCUT2D eigenvalue weighted by atomic mass is 32.2. The summed E-state index contributed by atoms with van der Waals surface area (Å²) < 4.78 is 22.4. The van der Waals surface area contributed by atoms with Gasteiger partial charge in [0.15, 0.2) is 0 Å². The van der Waals surface area contributed by atoms with Crippen LogP contribution >= 0.6 is 0 Å². The topological polar surface area (TPSA) is 75.2 Å². The van der Waals surface area contributed by atoms with Crippen molar-refractivity contribution in [1.29, 1.82) is 0 Å². The molecule has 1 aromatic heterocycles. The molecule has 0 bridgehead atoms. The number of sulfone groups is 1. The molecule has 0 unspecified atom stereocenters. The first-order chi connectivity index (χ1) is 8.47. The second kappa shape index (κ2) is 5.19. The molecule has 0 saturated carbocycles. The third-order valence-corrected chi connectivity index (χ3v) is 3.94. The summed E-state index contributed by atoms with van der Waals surface area (Å²) in [4.78, 5) is 10.4.